The fourth-order valence-electron chi connectivity index (χ4n) is 1.85. The van der Waals surface area contributed by atoms with Crippen LogP contribution in [0.1, 0.15) is 22.3 Å². The molecule has 0 amide bonds. The van der Waals surface area contributed by atoms with E-state index in [0.29, 0.717) is 0 Å². The number of rotatable bonds is 6. The van der Waals surface area contributed by atoms with E-state index >= 15 is 0 Å². The molecular formula is C14H24N2. The highest BCUT2D eigenvalue weighted by molar-refractivity contribution is 5.36. The first kappa shape index (κ1) is 13.2. The first-order chi connectivity index (χ1) is 7.65. The van der Waals surface area contributed by atoms with Crippen LogP contribution < -0.4 is 10.6 Å². The van der Waals surface area contributed by atoms with Crippen molar-refractivity contribution < 1.29 is 0 Å². The standard InChI is InChI=1S/C14H24N2/c1-11-9-13(3)14(10-12(11)2)5-6-16-8-7-15-4/h9-10,15-16H,5-8H2,1-4H3. The van der Waals surface area contributed by atoms with Crippen molar-refractivity contribution in [2.45, 2.75) is 27.2 Å². The van der Waals surface area contributed by atoms with Gasteiger partial charge in [-0.1, -0.05) is 12.1 Å². The molecule has 16 heavy (non-hydrogen) atoms. The second kappa shape index (κ2) is 6.66. The number of likely N-dealkylation sites (N-methyl/N-ethyl adjacent to an activating group) is 1. The fraction of sp³-hybridized carbons (Fsp3) is 0.571. The van der Waals surface area contributed by atoms with Crippen LogP contribution >= 0.6 is 0 Å². The Labute approximate surface area is 99.5 Å². The van der Waals surface area contributed by atoms with Crippen molar-refractivity contribution >= 4 is 0 Å². The minimum absolute atomic E-state index is 1.03. The van der Waals surface area contributed by atoms with Gasteiger partial charge in [-0.15, -0.1) is 0 Å². The van der Waals surface area contributed by atoms with Gasteiger partial charge in [-0.05, 0) is 63.0 Å². The van der Waals surface area contributed by atoms with Gasteiger partial charge in [-0.3, -0.25) is 0 Å². The van der Waals surface area contributed by atoms with Gasteiger partial charge in [0.1, 0.15) is 0 Å². The molecule has 2 nitrogen and oxygen atoms in total. The molecule has 0 spiro atoms. The van der Waals surface area contributed by atoms with Crippen LogP contribution in [0.25, 0.3) is 0 Å². The molecule has 0 atom stereocenters. The van der Waals surface area contributed by atoms with Crippen LogP contribution in [-0.4, -0.2) is 26.7 Å². The zero-order valence-electron chi connectivity index (χ0n) is 11.0. The number of nitrogens with one attached hydrogen (secondary N) is 2. The van der Waals surface area contributed by atoms with Gasteiger partial charge >= 0.3 is 0 Å². The molecule has 0 aliphatic rings. The Hall–Kier alpha value is -0.860. The van der Waals surface area contributed by atoms with Crippen molar-refractivity contribution in [3.05, 3.63) is 34.4 Å². The minimum Gasteiger partial charge on any atom is -0.318 e. The second-order valence-corrected chi connectivity index (χ2v) is 4.47. The van der Waals surface area contributed by atoms with Crippen molar-refractivity contribution in [2.75, 3.05) is 26.7 Å². The Bertz CT molecular complexity index is 332. The predicted molar refractivity (Wildman–Crippen MR) is 71.2 cm³/mol. The highest BCUT2D eigenvalue weighted by Gasteiger charge is 2.01. The zero-order chi connectivity index (χ0) is 12.0. The molecule has 0 fully saturated rings. The monoisotopic (exact) mass is 220 g/mol. The summed E-state index contributed by atoms with van der Waals surface area (Å²) in [4.78, 5) is 0. The Morgan fingerprint density at radius 1 is 0.875 bits per heavy atom. The van der Waals surface area contributed by atoms with Crippen molar-refractivity contribution in [1.82, 2.24) is 10.6 Å². The molecule has 0 aliphatic carbocycles. The molecule has 0 saturated carbocycles. The molecule has 0 saturated heterocycles. The molecule has 90 valence electrons. The lowest BCUT2D eigenvalue weighted by Crippen LogP contribution is -2.26. The molecule has 0 unspecified atom stereocenters. The van der Waals surface area contributed by atoms with Gasteiger partial charge in [0, 0.05) is 13.1 Å². The molecule has 0 bridgehead atoms. The predicted octanol–water partition coefficient (Wildman–Crippen LogP) is 1.96. The van der Waals surface area contributed by atoms with Crippen LogP contribution in [0.15, 0.2) is 12.1 Å². The van der Waals surface area contributed by atoms with Crippen LogP contribution in [-0.2, 0) is 6.42 Å². The molecule has 0 heterocycles. The summed E-state index contributed by atoms with van der Waals surface area (Å²) in [7, 11) is 1.98. The highest BCUT2D eigenvalue weighted by atomic mass is 14.9. The third-order valence-corrected chi connectivity index (χ3v) is 3.08. The fourth-order valence-corrected chi connectivity index (χ4v) is 1.85. The molecule has 1 aromatic rings. The van der Waals surface area contributed by atoms with Gasteiger partial charge in [-0.2, -0.15) is 0 Å². The van der Waals surface area contributed by atoms with Crippen molar-refractivity contribution in [2.24, 2.45) is 0 Å². The minimum atomic E-state index is 1.03. The topological polar surface area (TPSA) is 24.1 Å². The summed E-state index contributed by atoms with van der Waals surface area (Å²) < 4.78 is 0. The van der Waals surface area contributed by atoms with Gasteiger partial charge in [0.15, 0.2) is 0 Å². The van der Waals surface area contributed by atoms with Gasteiger partial charge in [0.25, 0.3) is 0 Å². The van der Waals surface area contributed by atoms with Gasteiger partial charge in [-0.25, -0.2) is 0 Å². The highest BCUT2D eigenvalue weighted by Crippen LogP contribution is 2.15. The normalized spacial score (nSPS) is 10.8. The Balaban J connectivity index is 2.45. The van der Waals surface area contributed by atoms with Crippen LogP contribution in [0.5, 0.6) is 0 Å². The van der Waals surface area contributed by atoms with Crippen molar-refractivity contribution in [1.29, 1.82) is 0 Å². The number of aryl methyl sites for hydroxylation is 3. The Morgan fingerprint density at radius 2 is 1.56 bits per heavy atom. The summed E-state index contributed by atoms with van der Waals surface area (Å²) in [5.41, 5.74) is 5.68. The van der Waals surface area contributed by atoms with E-state index in [1.165, 1.54) is 22.3 Å². The Kier molecular flexibility index (Phi) is 5.50. The van der Waals surface area contributed by atoms with E-state index in [2.05, 4.69) is 43.5 Å². The number of hydrogen-bond acceptors (Lipinski definition) is 2. The smallest absolute Gasteiger partial charge is 0.00767 e. The van der Waals surface area contributed by atoms with Gasteiger partial charge in [0.2, 0.25) is 0 Å². The summed E-state index contributed by atoms with van der Waals surface area (Å²) in [6.07, 6.45) is 1.12. The number of benzene rings is 1. The van der Waals surface area contributed by atoms with Gasteiger partial charge in [0.05, 0.1) is 0 Å². The van der Waals surface area contributed by atoms with Crippen LogP contribution in [0.3, 0.4) is 0 Å². The summed E-state index contributed by atoms with van der Waals surface area (Å²) in [6.45, 7) is 9.71. The molecule has 2 N–H and O–H groups in total. The maximum Gasteiger partial charge on any atom is 0.00767 e. The molecule has 2 heteroatoms. The molecule has 0 radical (unpaired) electrons. The maximum atomic E-state index is 3.43. The third-order valence-electron chi connectivity index (χ3n) is 3.08. The van der Waals surface area contributed by atoms with E-state index in [4.69, 9.17) is 0 Å². The lowest BCUT2D eigenvalue weighted by atomic mass is 9.99. The van der Waals surface area contributed by atoms with Crippen molar-refractivity contribution in [3.63, 3.8) is 0 Å². The van der Waals surface area contributed by atoms with E-state index in [0.717, 1.165) is 26.1 Å². The van der Waals surface area contributed by atoms with Crippen LogP contribution in [0.4, 0.5) is 0 Å². The maximum absolute atomic E-state index is 3.43. The SMILES string of the molecule is CNCCNCCc1cc(C)c(C)cc1C. The lowest BCUT2D eigenvalue weighted by molar-refractivity contribution is 0.648. The first-order valence-electron chi connectivity index (χ1n) is 6.07. The summed E-state index contributed by atoms with van der Waals surface area (Å²) in [6, 6.07) is 4.61. The van der Waals surface area contributed by atoms with E-state index < -0.39 is 0 Å². The molecular weight excluding hydrogens is 196 g/mol. The largest absolute Gasteiger partial charge is 0.318 e. The summed E-state index contributed by atoms with van der Waals surface area (Å²) in [5, 5.41) is 6.57. The van der Waals surface area contributed by atoms with Crippen LogP contribution in [0.2, 0.25) is 0 Å². The molecule has 1 aromatic carbocycles. The van der Waals surface area contributed by atoms with E-state index in [9.17, 15) is 0 Å². The average Bonchev–Trinajstić information content (AvgIpc) is 2.25. The van der Waals surface area contributed by atoms with Crippen LogP contribution in [0, 0.1) is 20.8 Å². The average molecular weight is 220 g/mol. The zero-order valence-corrected chi connectivity index (χ0v) is 11.0. The van der Waals surface area contributed by atoms with E-state index in [-0.39, 0.29) is 0 Å². The molecule has 0 aromatic heterocycles. The Morgan fingerprint density at radius 3 is 2.25 bits per heavy atom. The molecule has 0 aliphatic heterocycles. The summed E-state index contributed by atoms with van der Waals surface area (Å²) >= 11 is 0. The van der Waals surface area contributed by atoms with Crippen molar-refractivity contribution in [3.8, 4) is 0 Å². The lowest BCUT2D eigenvalue weighted by Gasteiger charge is -2.10. The quantitative estimate of drug-likeness (QED) is 0.716. The second-order valence-electron chi connectivity index (χ2n) is 4.47. The van der Waals surface area contributed by atoms with E-state index in [1.54, 1.807) is 0 Å². The molecule has 1 rings (SSSR count). The third kappa shape index (κ3) is 3.95. The first-order valence-corrected chi connectivity index (χ1v) is 6.07. The summed E-state index contributed by atoms with van der Waals surface area (Å²) in [5.74, 6) is 0. The number of hydrogen-bond donors (Lipinski definition) is 2. The van der Waals surface area contributed by atoms with E-state index in [1.807, 2.05) is 7.05 Å². The van der Waals surface area contributed by atoms with Gasteiger partial charge < -0.3 is 10.6 Å².